The molecule has 0 radical (unpaired) electrons. The van der Waals surface area contributed by atoms with E-state index in [1.165, 1.54) is 0 Å². The Morgan fingerprint density at radius 2 is 1.83 bits per heavy atom. The fraction of sp³-hybridized carbons (Fsp3) is 0.242. The highest BCUT2D eigenvalue weighted by Crippen LogP contribution is 2.40. The van der Waals surface area contributed by atoms with Crippen molar-refractivity contribution < 1.29 is 24.2 Å². The third kappa shape index (κ3) is 5.87. The van der Waals surface area contributed by atoms with Crippen LogP contribution in [0.4, 0.5) is 0 Å². The molecule has 0 saturated carbocycles. The topological polar surface area (TPSA) is 101 Å². The Bertz CT molecular complexity index is 1560. The number of nitrogens with zero attached hydrogens (tertiary/aromatic N) is 2. The van der Waals surface area contributed by atoms with Gasteiger partial charge < -0.3 is 24.8 Å². The van der Waals surface area contributed by atoms with Crippen molar-refractivity contribution in [2.75, 3.05) is 19.7 Å². The maximum absolute atomic E-state index is 13.7. The number of nitrogens with one attached hydrogen (secondary N) is 1. The zero-order valence-electron chi connectivity index (χ0n) is 22.6. The van der Waals surface area contributed by atoms with Gasteiger partial charge in [0.2, 0.25) is 5.91 Å². The standard InChI is InChI=1S/C33H31N3O5/c37-29-12-4-22-5-13-31(38)35-16-2-18-40-26-8-6-23(7-9-26)32-28-11-10-27(41-30(29)19-22)20-24(28)14-17-36(32)33(39)25-3-1-15-34-21-25/h1,3-4,6-12,15,19-21,32,37H,2,5,13-14,16-18H2,(H,35,38). The molecule has 2 amide bonds. The van der Waals surface area contributed by atoms with Crippen molar-refractivity contribution >= 4 is 11.8 Å². The van der Waals surface area contributed by atoms with Gasteiger partial charge in [-0.1, -0.05) is 24.3 Å². The molecule has 4 aliphatic heterocycles. The number of amides is 2. The zero-order valence-corrected chi connectivity index (χ0v) is 22.6. The monoisotopic (exact) mass is 549 g/mol. The first-order valence-electron chi connectivity index (χ1n) is 13.9. The summed E-state index contributed by atoms with van der Waals surface area (Å²) in [6.45, 7) is 1.51. The molecule has 41 heavy (non-hydrogen) atoms. The number of pyridine rings is 1. The highest BCUT2D eigenvalue weighted by Gasteiger charge is 2.33. The Labute approximate surface area is 238 Å². The second kappa shape index (κ2) is 11.7. The Hall–Kier alpha value is -4.85. The van der Waals surface area contributed by atoms with Crippen LogP contribution >= 0.6 is 0 Å². The van der Waals surface area contributed by atoms with Gasteiger partial charge in [-0.15, -0.1) is 0 Å². The van der Waals surface area contributed by atoms with Gasteiger partial charge in [0.1, 0.15) is 11.5 Å². The molecule has 8 nitrogen and oxygen atoms in total. The zero-order chi connectivity index (χ0) is 28.2. The minimum absolute atomic E-state index is 0.0283. The van der Waals surface area contributed by atoms with Crippen LogP contribution in [0, 0.1) is 0 Å². The molecule has 0 fully saturated rings. The molecule has 3 aromatic carbocycles. The number of hydrogen-bond acceptors (Lipinski definition) is 6. The molecule has 1 aromatic heterocycles. The molecule has 1 atom stereocenters. The molecule has 0 aliphatic carbocycles. The lowest BCUT2D eigenvalue weighted by Gasteiger charge is -2.38. The lowest BCUT2D eigenvalue weighted by atomic mass is 9.87. The van der Waals surface area contributed by atoms with E-state index in [0.29, 0.717) is 62.4 Å². The SMILES string of the molecule is O=C1CCc2ccc(O)c(c2)Oc2ccc3c(c2)CCN(C(=O)c2cccnc2)C3c2ccc(cc2)OCCCN1. The van der Waals surface area contributed by atoms with Crippen molar-refractivity contribution in [2.24, 2.45) is 0 Å². The van der Waals surface area contributed by atoms with E-state index in [1.807, 2.05) is 47.4 Å². The number of aromatic hydroxyl groups is 1. The Balaban J connectivity index is 1.38. The molecular weight excluding hydrogens is 518 g/mol. The van der Waals surface area contributed by atoms with Crippen LogP contribution in [0.1, 0.15) is 51.5 Å². The normalized spacial score (nSPS) is 17.1. The number of rotatable bonds is 1. The van der Waals surface area contributed by atoms with Crippen molar-refractivity contribution in [2.45, 2.75) is 31.7 Å². The molecule has 208 valence electrons. The number of phenolic OH excluding ortho intramolecular Hbond substituents is 1. The number of ether oxygens (including phenoxy) is 2. The predicted octanol–water partition coefficient (Wildman–Crippen LogP) is 5.20. The fourth-order valence-electron chi connectivity index (χ4n) is 5.41. The molecule has 8 bridgehead atoms. The molecule has 0 saturated heterocycles. The average molecular weight is 550 g/mol. The van der Waals surface area contributed by atoms with Crippen LogP contribution in [0.25, 0.3) is 0 Å². The van der Waals surface area contributed by atoms with E-state index in [-0.39, 0.29) is 23.6 Å². The van der Waals surface area contributed by atoms with Gasteiger partial charge in [-0.2, -0.15) is 0 Å². The molecule has 4 aliphatic rings. The van der Waals surface area contributed by atoms with Gasteiger partial charge >= 0.3 is 0 Å². The van der Waals surface area contributed by atoms with Gasteiger partial charge in [-0.05, 0) is 90.0 Å². The molecule has 8 rings (SSSR count). The first-order chi connectivity index (χ1) is 20.0. The number of aryl methyl sites for hydroxylation is 1. The number of fused-ring (bicyclic) bond motifs is 1. The fourth-order valence-corrected chi connectivity index (χ4v) is 5.41. The predicted molar refractivity (Wildman–Crippen MR) is 153 cm³/mol. The van der Waals surface area contributed by atoms with Gasteiger partial charge in [0.05, 0.1) is 18.2 Å². The van der Waals surface area contributed by atoms with Crippen molar-refractivity contribution in [3.63, 3.8) is 0 Å². The molecular formula is C33H31N3O5. The van der Waals surface area contributed by atoms with Crippen LogP contribution in [0.2, 0.25) is 0 Å². The van der Waals surface area contributed by atoms with E-state index in [9.17, 15) is 14.7 Å². The minimum Gasteiger partial charge on any atom is -0.504 e. The van der Waals surface area contributed by atoms with Crippen LogP contribution in [-0.2, 0) is 17.6 Å². The summed E-state index contributed by atoms with van der Waals surface area (Å²) in [6, 6.07) is 22.1. The van der Waals surface area contributed by atoms with Crippen LogP contribution in [0.5, 0.6) is 23.0 Å². The summed E-state index contributed by atoms with van der Waals surface area (Å²) in [5.41, 5.74) is 4.49. The summed E-state index contributed by atoms with van der Waals surface area (Å²) in [6.07, 6.45) is 5.45. The quantitative estimate of drug-likeness (QED) is 0.339. The summed E-state index contributed by atoms with van der Waals surface area (Å²) in [5.74, 6) is 1.57. The van der Waals surface area contributed by atoms with Gasteiger partial charge in [-0.3, -0.25) is 14.6 Å². The van der Waals surface area contributed by atoms with Gasteiger partial charge in [0, 0.05) is 31.9 Å². The average Bonchev–Trinajstić information content (AvgIpc) is 3.00. The Morgan fingerprint density at radius 3 is 2.66 bits per heavy atom. The number of phenols is 1. The van der Waals surface area contributed by atoms with Crippen LogP contribution in [-0.4, -0.2) is 46.5 Å². The number of benzene rings is 3. The highest BCUT2D eigenvalue weighted by atomic mass is 16.5. The van der Waals surface area contributed by atoms with E-state index in [1.54, 1.807) is 42.7 Å². The third-order valence-corrected chi connectivity index (χ3v) is 7.51. The smallest absolute Gasteiger partial charge is 0.256 e. The van der Waals surface area contributed by atoms with Gasteiger partial charge in [0.25, 0.3) is 5.91 Å². The second-order valence-electron chi connectivity index (χ2n) is 10.3. The lowest BCUT2D eigenvalue weighted by Crippen LogP contribution is -2.40. The van der Waals surface area contributed by atoms with E-state index in [4.69, 9.17) is 9.47 Å². The summed E-state index contributed by atoms with van der Waals surface area (Å²) in [4.78, 5) is 32.1. The number of hydrogen-bond donors (Lipinski definition) is 2. The van der Waals surface area contributed by atoms with Crippen molar-refractivity contribution in [1.29, 1.82) is 0 Å². The van der Waals surface area contributed by atoms with E-state index in [0.717, 1.165) is 28.0 Å². The largest absolute Gasteiger partial charge is 0.504 e. The summed E-state index contributed by atoms with van der Waals surface area (Å²) in [7, 11) is 0. The van der Waals surface area contributed by atoms with E-state index < -0.39 is 0 Å². The first-order valence-corrected chi connectivity index (χ1v) is 13.9. The molecule has 2 N–H and O–H groups in total. The lowest BCUT2D eigenvalue weighted by molar-refractivity contribution is -0.121. The second-order valence-corrected chi connectivity index (χ2v) is 10.3. The summed E-state index contributed by atoms with van der Waals surface area (Å²) in [5, 5.41) is 13.4. The van der Waals surface area contributed by atoms with E-state index in [2.05, 4.69) is 10.3 Å². The van der Waals surface area contributed by atoms with Gasteiger partial charge in [-0.25, -0.2) is 0 Å². The summed E-state index contributed by atoms with van der Waals surface area (Å²) < 4.78 is 12.1. The highest BCUT2D eigenvalue weighted by molar-refractivity contribution is 5.94. The maximum Gasteiger partial charge on any atom is 0.256 e. The minimum atomic E-state index is -0.310. The van der Waals surface area contributed by atoms with Gasteiger partial charge in [0.15, 0.2) is 11.5 Å². The van der Waals surface area contributed by atoms with E-state index >= 15 is 0 Å². The summed E-state index contributed by atoms with van der Waals surface area (Å²) >= 11 is 0. The first kappa shape index (κ1) is 26.4. The number of aromatic nitrogens is 1. The van der Waals surface area contributed by atoms with Crippen LogP contribution in [0.15, 0.2) is 85.2 Å². The van der Waals surface area contributed by atoms with Crippen LogP contribution < -0.4 is 14.8 Å². The maximum atomic E-state index is 13.7. The Kier molecular flexibility index (Phi) is 7.54. The van der Waals surface area contributed by atoms with Crippen molar-refractivity contribution in [3.05, 3.63) is 113 Å². The number of carbonyl (C=O) groups is 2. The third-order valence-electron chi connectivity index (χ3n) is 7.51. The molecule has 5 heterocycles. The molecule has 8 heteroatoms. The van der Waals surface area contributed by atoms with Crippen molar-refractivity contribution in [1.82, 2.24) is 15.2 Å². The molecule has 4 aromatic rings. The molecule has 1 unspecified atom stereocenters. The van der Waals surface area contributed by atoms with Crippen molar-refractivity contribution in [3.8, 4) is 23.0 Å². The number of carbonyl (C=O) groups excluding carboxylic acids is 2. The van der Waals surface area contributed by atoms with Crippen LogP contribution in [0.3, 0.4) is 0 Å². The Morgan fingerprint density at radius 1 is 0.976 bits per heavy atom. The molecule has 0 spiro atoms.